The average molecular weight is 325 g/mol. The van der Waals surface area contributed by atoms with E-state index in [4.69, 9.17) is 4.74 Å². The van der Waals surface area contributed by atoms with Gasteiger partial charge in [-0.3, -0.25) is 4.79 Å². The van der Waals surface area contributed by atoms with E-state index in [0.717, 1.165) is 30.2 Å². The Morgan fingerprint density at radius 1 is 1.17 bits per heavy atom. The Hall–Kier alpha value is -2.56. The molecule has 3 rings (SSSR count). The van der Waals surface area contributed by atoms with Crippen molar-refractivity contribution in [2.75, 3.05) is 25.1 Å². The van der Waals surface area contributed by atoms with Gasteiger partial charge in [0.25, 0.3) is 5.91 Å². The van der Waals surface area contributed by atoms with Crippen molar-refractivity contribution in [1.29, 1.82) is 0 Å². The van der Waals surface area contributed by atoms with Gasteiger partial charge >= 0.3 is 0 Å². The first kappa shape index (κ1) is 16.3. The number of amides is 1. The Morgan fingerprint density at radius 3 is 2.54 bits per heavy atom. The Balaban J connectivity index is 1.68. The predicted octanol–water partition coefficient (Wildman–Crippen LogP) is 3.18. The standard InChI is InChI=1S/C19H23N3O2/c1-14(15-8-10-16(24-2)11-9-15)20-19(23)17-6-5-7-18(21-17)22-12-3-4-13-22/h5-11,14H,3-4,12-13H2,1-2H3,(H,20,23). The third-order valence-electron chi connectivity index (χ3n) is 4.36. The molecule has 1 saturated heterocycles. The lowest BCUT2D eigenvalue weighted by Crippen LogP contribution is -2.28. The van der Waals surface area contributed by atoms with Crippen molar-refractivity contribution in [1.82, 2.24) is 10.3 Å². The third-order valence-corrected chi connectivity index (χ3v) is 4.36. The van der Waals surface area contributed by atoms with E-state index in [9.17, 15) is 4.79 Å². The lowest BCUT2D eigenvalue weighted by Gasteiger charge is -2.18. The lowest BCUT2D eigenvalue weighted by molar-refractivity contribution is 0.0935. The Morgan fingerprint density at radius 2 is 1.88 bits per heavy atom. The summed E-state index contributed by atoms with van der Waals surface area (Å²) in [5.74, 6) is 1.54. The van der Waals surface area contributed by atoms with Crippen molar-refractivity contribution in [2.24, 2.45) is 0 Å². The average Bonchev–Trinajstić information content (AvgIpc) is 3.16. The second kappa shape index (κ2) is 7.34. The number of hydrogen-bond acceptors (Lipinski definition) is 4. The Kier molecular flexibility index (Phi) is 4.99. The summed E-state index contributed by atoms with van der Waals surface area (Å²) >= 11 is 0. The number of anilines is 1. The van der Waals surface area contributed by atoms with Gasteiger partial charge in [-0.15, -0.1) is 0 Å². The van der Waals surface area contributed by atoms with E-state index in [1.54, 1.807) is 13.2 Å². The maximum Gasteiger partial charge on any atom is 0.270 e. The van der Waals surface area contributed by atoms with Crippen LogP contribution in [0.1, 0.15) is 41.9 Å². The van der Waals surface area contributed by atoms with E-state index >= 15 is 0 Å². The quantitative estimate of drug-likeness (QED) is 0.917. The van der Waals surface area contributed by atoms with Crippen molar-refractivity contribution in [3.8, 4) is 5.75 Å². The van der Waals surface area contributed by atoms with Crippen molar-refractivity contribution < 1.29 is 9.53 Å². The van der Waals surface area contributed by atoms with Crippen LogP contribution in [-0.2, 0) is 0 Å². The van der Waals surface area contributed by atoms with Gasteiger partial charge < -0.3 is 15.0 Å². The fraction of sp³-hybridized carbons (Fsp3) is 0.368. The fourth-order valence-corrected chi connectivity index (χ4v) is 2.92. The molecule has 1 fully saturated rings. The molecule has 0 saturated carbocycles. The molecule has 1 atom stereocenters. The summed E-state index contributed by atoms with van der Waals surface area (Å²) in [6.45, 7) is 3.99. The van der Waals surface area contributed by atoms with Crippen molar-refractivity contribution in [3.63, 3.8) is 0 Å². The van der Waals surface area contributed by atoms with Gasteiger partial charge in [-0.2, -0.15) is 0 Å². The summed E-state index contributed by atoms with van der Waals surface area (Å²) < 4.78 is 5.16. The van der Waals surface area contributed by atoms with E-state index in [1.807, 2.05) is 43.3 Å². The van der Waals surface area contributed by atoms with Gasteiger partial charge in [-0.05, 0) is 49.6 Å². The van der Waals surface area contributed by atoms with E-state index in [2.05, 4.69) is 15.2 Å². The molecule has 0 bridgehead atoms. The van der Waals surface area contributed by atoms with E-state index in [1.165, 1.54) is 12.8 Å². The highest BCUT2D eigenvalue weighted by Crippen LogP contribution is 2.19. The molecule has 24 heavy (non-hydrogen) atoms. The van der Waals surface area contributed by atoms with Crippen molar-refractivity contribution in [2.45, 2.75) is 25.8 Å². The van der Waals surface area contributed by atoms with Crippen LogP contribution in [0.3, 0.4) is 0 Å². The van der Waals surface area contributed by atoms with Crippen LogP contribution >= 0.6 is 0 Å². The Labute approximate surface area is 142 Å². The molecule has 1 amide bonds. The number of benzene rings is 1. The molecular formula is C19H23N3O2. The molecule has 2 aromatic rings. The summed E-state index contributed by atoms with van der Waals surface area (Å²) in [6, 6.07) is 13.2. The van der Waals surface area contributed by atoms with Gasteiger partial charge in [0, 0.05) is 13.1 Å². The number of aromatic nitrogens is 1. The minimum Gasteiger partial charge on any atom is -0.497 e. The monoisotopic (exact) mass is 325 g/mol. The smallest absolute Gasteiger partial charge is 0.270 e. The molecule has 1 unspecified atom stereocenters. The van der Waals surface area contributed by atoms with Crippen molar-refractivity contribution in [3.05, 3.63) is 53.7 Å². The maximum atomic E-state index is 12.5. The number of ether oxygens (including phenoxy) is 1. The molecule has 0 radical (unpaired) electrons. The molecule has 0 aliphatic carbocycles. The summed E-state index contributed by atoms with van der Waals surface area (Å²) in [5, 5.41) is 3.01. The summed E-state index contributed by atoms with van der Waals surface area (Å²) in [7, 11) is 1.64. The van der Waals surface area contributed by atoms with Crippen LogP contribution in [0, 0.1) is 0 Å². The highest BCUT2D eigenvalue weighted by molar-refractivity contribution is 5.92. The van der Waals surface area contributed by atoms with E-state index < -0.39 is 0 Å². The number of nitrogens with zero attached hydrogens (tertiary/aromatic N) is 2. The molecule has 1 N–H and O–H groups in total. The summed E-state index contributed by atoms with van der Waals surface area (Å²) in [6.07, 6.45) is 2.37. The molecule has 0 spiro atoms. The molecule has 1 aromatic carbocycles. The van der Waals surface area contributed by atoms with Gasteiger partial charge in [0.05, 0.1) is 13.2 Å². The molecule has 2 heterocycles. The second-order valence-electron chi connectivity index (χ2n) is 6.04. The molecular weight excluding hydrogens is 302 g/mol. The van der Waals surface area contributed by atoms with Crippen molar-refractivity contribution >= 4 is 11.7 Å². The molecule has 1 aliphatic heterocycles. The van der Waals surface area contributed by atoms with Crippen LogP contribution in [0.15, 0.2) is 42.5 Å². The number of methoxy groups -OCH3 is 1. The zero-order chi connectivity index (χ0) is 16.9. The first-order valence-electron chi connectivity index (χ1n) is 8.34. The first-order chi connectivity index (χ1) is 11.7. The minimum atomic E-state index is -0.153. The van der Waals surface area contributed by atoms with Gasteiger partial charge in [-0.1, -0.05) is 18.2 Å². The SMILES string of the molecule is COc1ccc(C(C)NC(=O)c2cccc(N3CCCC3)n2)cc1. The topological polar surface area (TPSA) is 54.5 Å². The third kappa shape index (κ3) is 3.67. The van der Waals surface area contributed by atoms with Crippen LogP contribution in [0.2, 0.25) is 0 Å². The molecule has 1 aromatic heterocycles. The number of pyridine rings is 1. The summed E-state index contributed by atoms with van der Waals surface area (Å²) in [5.41, 5.74) is 1.49. The largest absolute Gasteiger partial charge is 0.497 e. The number of hydrogen-bond donors (Lipinski definition) is 1. The van der Waals surface area contributed by atoms with Gasteiger partial charge in [0.15, 0.2) is 0 Å². The van der Waals surface area contributed by atoms with Crippen LogP contribution in [-0.4, -0.2) is 31.1 Å². The van der Waals surface area contributed by atoms with E-state index in [-0.39, 0.29) is 11.9 Å². The minimum absolute atomic E-state index is 0.0966. The maximum absolute atomic E-state index is 12.5. The first-order valence-corrected chi connectivity index (χ1v) is 8.34. The zero-order valence-electron chi connectivity index (χ0n) is 14.2. The predicted molar refractivity (Wildman–Crippen MR) is 94.6 cm³/mol. The highest BCUT2D eigenvalue weighted by atomic mass is 16.5. The van der Waals surface area contributed by atoms with Crippen LogP contribution in [0.5, 0.6) is 5.75 Å². The van der Waals surface area contributed by atoms with Gasteiger partial charge in [0.2, 0.25) is 0 Å². The highest BCUT2D eigenvalue weighted by Gasteiger charge is 2.17. The number of carbonyl (C=O) groups is 1. The van der Waals surface area contributed by atoms with Crippen LogP contribution < -0.4 is 15.0 Å². The molecule has 126 valence electrons. The van der Waals surface area contributed by atoms with Gasteiger partial charge in [0.1, 0.15) is 17.3 Å². The lowest BCUT2D eigenvalue weighted by atomic mass is 10.1. The van der Waals surface area contributed by atoms with Crippen LogP contribution in [0.25, 0.3) is 0 Å². The summed E-state index contributed by atoms with van der Waals surface area (Å²) in [4.78, 5) is 19.3. The molecule has 5 heteroatoms. The normalized spacial score (nSPS) is 15.2. The van der Waals surface area contributed by atoms with Crippen LogP contribution in [0.4, 0.5) is 5.82 Å². The second-order valence-corrected chi connectivity index (χ2v) is 6.04. The number of rotatable bonds is 5. The molecule has 5 nitrogen and oxygen atoms in total. The number of nitrogens with one attached hydrogen (secondary N) is 1. The number of carbonyl (C=O) groups excluding carboxylic acids is 1. The zero-order valence-corrected chi connectivity index (χ0v) is 14.2. The van der Waals surface area contributed by atoms with E-state index in [0.29, 0.717) is 5.69 Å². The van der Waals surface area contributed by atoms with Gasteiger partial charge in [-0.25, -0.2) is 4.98 Å². The fourth-order valence-electron chi connectivity index (χ4n) is 2.92. The Bertz CT molecular complexity index is 694. The molecule has 1 aliphatic rings.